The van der Waals surface area contributed by atoms with Crippen LogP contribution < -0.4 is 4.90 Å². The van der Waals surface area contributed by atoms with E-state index in [1.807, 2.05) is 6.07 Å². The highest BCUT2D eigenvalue weighted by molar-refractivity contribution is 5.95. The van der Waals surface area contributed by atoms with Crippen LogP contribution in [-0.4, -0.2) is 18.2 Å². The molecule has 4 nitrogen and oxygen atoms in total. The third-order valence-corrected chi connectivity index (χ3v) is 3.08. The van der Waals surface area contributed by atoms with Gasteiger partial charge in [-0.05, 0) is 30.5 Å². The predicted octanol–water partition coefficient (Wildman–Crippen LogP) is 1.60. The molecule has 0 N–H and O–H groups in total. The Morgan fingerprint density at radius 1 is 1.39 bits per heavy atom. The van der Waals surface area contributed by atoms with Crippen LogP contribution in [0.15, 0.2) is 12.1 Å². The van der Waals surface area contributed by atoms with Gasteiger partial charge in [0.05, 0.1) is 11.3 Å². The summed E-state index contributed by atoms with van der Waals surface area (Å²) in [5.74, 6) is 0.0184. The SMILES string of the molecule is CC(=O)Cc1cc(C#N)c2c(c1)CCN2C(C)=O. The van der Waals surface area contributed by atoms with Crippen molar-refractivity contribution in [2.24, 2.45) is 0 Å². The molecular formula is C14H14N2O2. The molecule has 0 bridgehead atoms. The maximum absolute atomic E-state index is 11.5. The Kier molecular flexibility index (Phi) is 3.15. The summed E-state index contributed by atoms with van der Waals surface area (Å²) in [4.78, 5) is 24.3. The average Bonchev–Trinajstić information content (AvgIpc) is 2.70. The molecule has 1 amide bonds. The van der Waals surface area contributed by atoms with Crippen molar-refractivity contribution in [1.82, 2.24) is 0 Å². The normalized spacial score (nSPS) is 13.1. The molecule has 4 heteroatoms. The number of carbonyl (C=O) groups excluding carboxylic acids is 2. The van der Waals surface area contributed by atoms with Gasteiger partial charge < -0.3 is 4.90 Å². The number of ketones is 1. The molecule has 1 aliphatic heterocycles. The molecule has 2 rings (SSSR count). The van der Waals surface area contributed by atoms with Crippen LogP contribution in [0.1, 0.15) is 30.5 Å². The topological polar surface area (TPSA) is 61.2 Å². The Hall–Kier alpha value is -2.15. The van der Waals surface area contributed by atoms with Gasteiger partial charge in [0.15, 0.2) is 0 Å². The smallest absolute Gasteiger partial charge is 0.223 e. The maximum atomic E-state index is 11.5. The highest BCUT2D eigenvalue weighted by Crippen LogP contribution is 2.33. The number of Topliss-reactive ketones (excluding diaryl/α,β-unsaturated/α-hetero) is 1. The molecule has 0 aliphatic carbocycles. The van der Waals surface area contributed by atoms with Gasteiger partial charge in [0.1, 0.15) is 11.9 Å². The zero-order valence-electron chi connectivity index (χ0n) is 10.5. The largest absolute Gasteiger partial charge is 0.311 e. The number of hydrogen-bond donors (Lipinski definition) is 0. The van der Waals surface area contributed by atoms with Crippen LogP contribution in [0, 0.1) is 11.3 Å². The fourth-order valence-corrected chi connectivity index (χ4v) is 2.40. The molecule has 18 heavy (non-hydrogen) atoms. The van der Waals surface area contributed by atoms with Gasteiger partial charge in [0.2, 0.25) is 5.91 Å². The summed E-state index contributed by atoms with van der Waals surface area (Å²) in [5, 5.41) is 9.19. The third-order valence-electron chi connectivity index (χ3n) is 3.08. The Morgan fingerprint density at radius 3 is 2.67 bits per heavy atom. The molecule has 92 valence electrons. The fraction of sp³-hybridized carbons (Fsp3) is 0.357. The van der Waals surface area contributed by atoms with Crippen LogP contribution in [0.2, 0.25) is 0 Å². The van der Waals surface area contributed by atoms with Gasteiger partial charge >= 0.3 is 0 Å². The van der Waals surface area contributed by atoms with Crippen LogP contribution in [-0.2, 0) is 22.4 Å². The lowest BCUT2D eigenvalue weighted by atomic mass is 10.0. The Labute approximate surface area is 106 Å². The Bertz CT molecular complexity index is 570. The summed E-state index contributed by atoms with van der Waals surface area (Å²) in [6.45, 7) is 3.64. The summed E-state index contributed by atoms with van der Waals surface area (Å²) >= 11 is 0. The molecular weight excluding hydrogens is 228 g/mol. The zero-order chi connectivity index (χ0) is 13.3. The number of carbonyl (C=O) groups is 2. The number of nitriles is 1. The molecule has 0 spiro atoms. The number of nitrogens with zero attached hydrogens (tertiary/aromatic N) is 2. The van der Waals surface area contributed by atoms with Crippen LogP contribution in [0.25, 0.3) is 0 Å². The van der Waals surface area contributed by atoms with Gasteiger partial charge in [0, 0.05) is 19.9 Å². The Balaban J connectivity index is 2.50. The van der Waals surface area contributed by atoms with Gasteiger partial charge in [-0.1, -0.05) is 6.07 Å². The molecule has 0 radical (unpaired) electrons. The highest BCUT2D eigenvalue weighted by Gasteiger charge is 2.26. The molecule has 0 unspecified atom stereocenters. The minimum Gasteiger partial charge on any atom is -0.311 e. The lowest BCUT2D eigenvalue weighted by Crippen LogP contribution is -2.26. The van der Waals surface area contributed by atoms with E-state index in [0.29, 0.717) is 18.5 Å². The van der Waals surface area contributed by atoms with Gasteiger partial charge in [-0.2, -0.15) is 5.26 Å². The van der Waals surface area contributed by atoms with E-state index in [4.69, 9.17) is 0 Å². The Morgan fingerprint density at radius 2 is 2.11 bits per heavy atom. The molecule has 0 atom stereocenters. The number of rotatable bonds is 2. The lowest BCUT2D eigenvalue weighted by molar-refractivity contribution is -0.117. The number of anilines is 1. The molecule has 1 heterocycles. The standard InChI is InChI=1S/C14H14N2O2/c1-9(17)5-11-6-12-3-4-16(10(2)18)14(12)13(7-11)8-15/h6-7H,3-5H2,1-2H3. The minimum atomic E-state index is -0.0513. The van der Waals surface area contributed by atoms with Crippen LogP contribution in [0.3, 0.4) is 0 Å². The van der Waals surface area contributed by atoms with Crippen LogP contribution in [0.5, 0.6) is 0 Å². The average molecular weight is 242 g/mol. The fourth-order valence-electron chi connectivity index (χ4n) is 2.40. The van der Waals surface area contributed by atoms with Crippen molar-refractivity contribution in [1.29, 1.82) is 5.26 Å². The van der Waals surface area contributed by atoms with Crippen LogP contribution >= 0.6 is 0 Å². The van der Waals surface area contributed by atoms with E-state index in [9.17, 15) is 14.9 Å². The predicted molar refractivity (Wildman–Crippen MR) is 67.3 cm³/mol. The van der Waals surface area contributed by atoms with Gasteiger partial charge in [-0.3, -0.25) is 9.59 Å². The number of amides is 1. The van der Waals surface area contributed by atoms with Crippen molar-refractivity contribution in [3.8, 4) is 6.07 Å². The second-order valence-electron chi connectivity index (χ2n) is 4.56. The third kappa shape index (κ3) is 2.12. The highest BCUT2D eigenvalue weighted by atomic mass is 16.2. The first-order valence-electron chi connectivity index (χ1n) is 5.86. The van der Waals surface area contributed by atoms with E-state index in [0.717, 1.165) is 23.2 Å². The first-order chi connectivity index (χ1) is 8.52. The molecule has 1 aromatic rings. The van der Waals surface area contributed by atoms with Crippen molar-refractivity contribution in [3.05, 3.63) is 28.8 Å². The van der Waals surface area contributed by atoms with Crippen molar-refractivity contribution in [3.63, 3.8) is 0 Å². The van der Waals surface area contributed by atoms with Crippen molar-refractivity contribution in [2.45, 2.75) is 26.7 Å². The molecule has 1 aromatic carbocycles. The number of benzene rings is 1. The maximum Gasteiger partial charge on any atom is 0.223 e. The number of hydrogen-bond acceptors (Lipinski definition) is 3. The van der Waals surface area contributed by atoms with E-state index in [2.05, 4.69) is 6.07 Å². The molecule has 0 fully saturated rings. The summed E-state index contributed by atoms with van der Waals surface area (Å²) in [6.07, 6.45) is 1.08. The second kappa shape index (κ2) is 4.61. The van der Waals surface area contributed by atoms with Crippen LogP contribution in [0.4, 0.5) is 5.69 Å². The zero-order valence-corrected chi connectivity index (χ0v) is 10.5. The number of fused-ring (bicyclic) bond motifs is 1. The molecule has 1 aliphatic rings. The van der Waals surface area contributed by atoms with E-state index >= 15 is 0 Å². The van der Waals surface area contributed by atoms with Gasteiger partial charge in [-0.25, -0.2) is 0 Å². The van der Waals surface area contributed by atoms with Gasteiger partial charge in [-0.15, -0.1) is 0 Å². The first-order valence-corrected chi connectivity index (χ1v) is 5.86. The minimum absolute atomic E-state index is 0.0513. The van der Waals surface area contributed by atoms with E-state index in [1.165, 1.54) is 13.8 Å². The summed E-state index contributed by atoms with van der Waals surface area (Å²) in [5.41, 5.74) is 3.04. The summed E-state index contributed by atoms with van der Waals surface area (Å²) < 4.78 is 0. The first kappa shape index (κ1) is 12.3. The lowest BCUT2D eigenvalue weighted by Gasteiger charge is -2.16. The van der Waals surface area contributed by atoms with E-state index < -0.39 is 0 Å². The van der Waals surface area contributed by atoms with E-state index in [-0.39, 0.29) is 11.7 Å². The van der Waals surface area contributed by atoms with E-state index in [1.54, 1.807) is 11.0 Å². The summed E-state index contributed by atoms with van der Waals surface area (Å²) in [7, 11) is 0. The molecule has 0 aromatic heterocycles. The summed E-state index contributed by atoms with van der Waals surface area (Å²) in [6, 6.07) is 5.76. The van der Waals surface area contributed by atoms with Crippen molar-refractivity contribution in [2.75, 3.05) is 11.4 Å². The van der Waals surface area contributed by atoms with Crippen molar-refractivity contribution < 1.29 is 9.59 Å². The second-order valence-corrected chi connectivity index (χ2v) is 4.56. The quantitative estimate of drug-likeness (QED) is 0.791. The molecule has 0 saturated carbocycles. The molecule has 0 saturated heterocycles. The van der Waals surface area contributed by atoms with Crippen molar-refractivity contribution >= 4 is 17.4 Å². The van der Waals surface area contributed by atoms with Gasteiger partial charge in [0.25, 0.3) is 0 Å². The monoisotopic (exact) mass is 242 g/mol.